The minimum atomic E-state index is -0.0990. The molecule has 0 saturated heterocycles. The number of amides is 1. The third-order valence-electron chi connectivity index (χ3n) is 2.68. The Hall–Kier alpha value is -0.810. The van der Waals surface area contributed by atoms with Crippen LogP contribution in [-0.4, -0.2) is 35.3 Å². The number of carbonyl (C=O) groups excluding carboxylic acids is 1. The van der Waals surface area contributed by atoms with Crippen LogP contribution in [0.1, 0.15) is 27.7 Å². The molecule has 21 heavy (non-hydrogen) atoms. The van der Waals surface area contributed by atoms with Gasteiger partial charge in [-0.05, 0) is 31.2 Å². The zero-order valence-corrected chi connectivity index (χ0v) is 15.1. The molecular weight excluding hydrogens is 302 g/mol. The van der Waals surface area contributed by atoms with Crippen molar-refractivity contribution in [2.24, 2.45) is 0 Å². The molecule has 0 fully saturated rings. The molecule has 0 aliphatic carbocycles. The van der Waals surface area contributed by atoms with Crippen LogP contribution in [-0.2, 0) is 4.79 Å². The molecule has 0 bridgehead atoms. The first-order valence-electron chi connectivity index (χ1n) is 7.04. The summed E-state index contributed by atoms with van der Waals surface area (Å²) in [5, 5.41) is 2.89. The highest BCUT2D eigenvalue weighted by molar-refractivity contribution is 8.00. The number of rotatable bonds is 7. The van der Waals surface area contributed by atoms with Crippen LogP contribution in [0.3, 0.4) is 0 Å². The Kier molecular flexibility index (Phi) is 7.46. The maximum atomic E-state index is 12.0. The van der Waals surface area contributed by atoms with Gasteiger partial charge in [0.05, 0.1) is 12.4 Å². The maximum Gasteiger partial charge on any atom is 0.233 e. The lowest BCUT2D eigenvalue weighted by Gasteiger charge is -2.18. The van der Waals surface area contributed by atoms with Gasteiger partial charge in [-0.1, -0.05) is 20.8 Å². The summed E-state index contributed by atoms with van der Waals surface area (Å²) >= 11 is 3.42. The van der Waals surface area contributed by atoms with Crippen LogP contribution >= 0.6 is 23.5 Å². The van der Waals surface area contributed by atoms with Gasteiger partial charge < -0.3 is 10.1 Å². The standard InChI is InChI=1S/C16H25NO2S2/c1-12(15(18)17-10-11-20-16(2,3)4)21-14-8-6-13(19-5)7-9-14/h6-9,12H,10-11H2,1-5H3,(H,17,18). The molecule has 1 unspecified atom stereocenters. The van der Waals surface area contributed by atoms with Gasteiger partial charge in [0.15, 0.2) is 0 Å². The third kappa shape index (κ3) is 7.67. The van der Waals surface area contributed by atoms with E-state index in [-0.39, 0.29) is 15.9 Å². The number of nitrogens with one attached hydrogen (secondary N) is 1. The Balaban J connectivity index is 2.33. The molecule has 1 rings (SSSR count). The summed E-state index contributed by atoms with van der Waals surface area (Å²) in [6.45, 7) is 9.19. The molecule has 1 atom stereocenters. The zero-order valence-electron chi connectivity index (χ0n) is 13.4. The largest absolute Gasteiger partial charge is 0.497 e. The number of ether oxygens (including phenoxy) is 1. The van der Waals surface area contributed by atoms with Crippen molar-refractivity contribution in [3.63, 3.8) is 0 Å². The Morgan fingerprint density at radius 2 is 1.90 bits per heavy atom. The van der Waals surface area contributed by atoms with Crippen molar-refractivity contribution in [1.82, 2.24) is 5.32 Å². The van der Waals surface area contributed by atoms with Crippen molar-refractivity contribution in [2.75, 3.05) is 19.4 Å². The number of methoxy groups -OCH3 is 1. The highest BCUT2D eigenvalue weighted by atomic mass is 32.2. The molecule has 0 aromatic heterocycles. The lowest BCUT2D eigenvalue weighted by Crippen LogP contribution is -2.33. The monoisotopic (exact) mass is 327 g/mol. The number of benzene rings is 1. The van der Waals surface area contributed by atoms with Crippen LogP contribution < -0.4 is 10.1 Å². The maximum absolute atomic E-state index is 12.0. The first-order valence-corrected chi connectivity index (χ1v) is 8.91. The van der Waals surface area contributed by atoms with E-state index in [1.54, 1.807) is 18.9 Å². The van der Waals surface area contributed by atoms with Crippen molar-refractivity contribution in [2.45, 2.75) is 42.6 Å². The average Bonchev–Trinajstić information content (AvgIpc) is 2.43. The predicted octanol–water partition coefficient (Wildman–Crippen LogP) is 3.82. The molecule has 0 radical (unpaired) electrons. The Labute approximate surface area is 136 Å². The average molecular weight is 328 g/mol. The van der Waals surface area contributed by atoms with Crippen molar-refractivity contribution in [3.8, 4) is 5.75 Å². The van der Waals surface area contributed by atoms with E-state index in [4.69, 9.17) is 4.74 Å². The number of hydrogen-bond donors (Lipinski definition) is 1. The molecule has 0 spiro atoms. The van der Waals surface area contributed by atoms with Gasteiger partial charge in [0.2, 0.25) is 5.91 Å². The summed E-state index contributed by atoms with van der Waals surface area (Å²) in [5.41, 5.74) is 0. The van der Waals surface area contributed by atoms with Crippen LogP contribution in [0.4, 0.5) is 0 Å². The smallest absolute Gasteiger partial charge is 0.233 e. The van der Waals surface area contributed by atoms with Crippen LogP contribution in [0.25, 0.3) is 0 Å². The van der Waals surface area contributed by atoms with E-state index >= 15 is 0 Å². The highest BCUT2D eigenvalue weighted by Crippen LogP contribution is 2.25. The van der Waals surface area contributed by atoms with Crippen molar-refractivity contribution in [1.29, 1.82) is 0 Å². The summed E-state index contributed by atoms with van der Waals surface area (Å²) in [6.07, 6.45) is 0. The van der Waals surface area contributed by atoms with Crippen LogP contribution in [0.15, 0.2) is 29.2 Å². The molecule has 1 amide bonds. The fraction of sp³-hybridized carbons (Fsp3) is 0.562. The highest BCUT2D eigenvalue weighted by Gasteiger charge is 2.15. The lowest BCUT2D eigenvalue weighted by molar-refractivity contribution is -0.120. The molecule has 0 aliphatic heterocycles. The van der Waals surface area contributed by atoms with Crippen molar-refractivity contribution >= 4 is 29.4 Å². The van der Waals surface area contributed by atoms with E-state index in [1.807, 2.05) is 43.0 Å². The van der Waals surface area contributed by atoms with Gasteiger partial charge in [-0.25, -0.2) is 0 Å². The molecule has 1 N–H and O–H groups in total. The third-order valence-corrected chi connectivity index (χ3v) is 5.06. The van der Waals surface area contributed by atoms with E-state index in [0.29, 0.717) is 6.54 Å². The number of thioether (sulfide) groups is 2. The summed E-state index contributed by atoms with van der Waals surface area (Å²) in [4.78, 5) is 13.1. The minimum Gasteiger partial charge on any atom is -0.497 e. The van der Waals surface area contributed by atoms with Crippen LogP contribution in [0.2, 0.25) is 0 Å². The second kappa shape index (κ2) is 8.59. The number of hydrogen-bond acceptors (Lipinski definition) is 4. The fourth-order valence-corrected chi connectivity index (χ4v) is 3.30. The molecule has 5 heteroatoms. The molecular formula is C16H25NO2S2. The normalized spacial score (nSPS) is 12.8. The van der Waals surface area contributed by atoms with Gasteiger partial charge in [-0.3, -0.25) is 4.79 Å². The van der Waals surface area contributed by atoms with Crippen LogP contribution in [0.5, 0.6) is 5.75 Å². The summed E-state index contributed by atoms with van der Waals surface area (Å²) in [7, 11) is 1.65. The Morgan fingerprint density at radius 3 is 2.43 bits per heavy atom. The molecule has 0 heterocycles. The lowest BCUT2D eigenvalue weighted by atomic mass is 10.3. The van der Waals surface area contributed by atoms with Gasteiger partial charge in [0.25, 0.3) is 0 Å². The SMILES string of the molecule is COc1ccc(SC(C)C(=O)NCCSC(C)(C)C)cc1. The van der Waals surface area contributed by atoms with Gasteiger partial charge in [0.1, 0.15) is 5.75 Å². The second-order valence-electron chi connectivity index (χ2n) is 5.69. The Morgan fingerprint density at radius 1 is 1.29 bits per heavy atom. The van der Waals surface area contributed by atoms with Gasteiger partial charge >= 0.3 is 0 Å². The quantitative estimate of drug-likeness (QED) is 0.610. The molecule has 1 aromatic carbocycles. The topological polar surface area (TPSA) is 38.3 Å². The Bertz CT molecular complexity index is 441. The summed E-state index contributed by atoms with van der Waals surface area (Å²) < 4.78 is 5.37. The van der Waals surface area contributed by atoms with E-state index in [0.717, 1.165) is 16.4 Å². The molecule has 0 saturated carbocycles. The molecule has 118 valence electrons. The van der Waals surface area contributed by atoms with E-state index in [1.165, 1.54) is 0 Å². The van der Waals surface area contributed by atoms with Crippen molar-refractivity contribution < 1.29 is 9.53 Å². The zero-order chi connectivity index (χ0) is 15.9. The van der Waals surface area contributed by atoms with E-state index in [9.17, 15) is 4.79 Å². The first kappa shape index (κ1) is 18.2. The van der Waals surface area contributed by atoms with Gasteiger partial charge in [0, 0.05) is 21.9 Å². The fourth-order valence-electron chi connectivity index (χ4n) is 1.59. The molecule has 1 aromatic rings. The first-order chi connectivity index (χ1) is 9.81. The summed E-state index contributed by atoms with van der Waals surface area (Å²) in [6, 6.07) is 7.77. The van der Waals surface area contributed by atoms with Crippen LogP contribution in [0, 0.1) is 0 Å². The van der Waals surface area contributed by atoms with Crippen molar-refractivity contribution in [3.05, 3.63) is 24.3 Å². The van der Waals surface area contributed by atoms with E-state index in [2.05, 4.69) is 26.1 Å². The van der Waals surface area contributed by atoms with E-state index < -0.39 is 0 Å². The number of carbonyl (C=O) groups is 1. The van der Waals surface area contributed by atoms with Gasteiger partial charge in [-0.15, -0.1) is 11.8 Å². The predicted molar refractivity (Wildman–Crippen MR) is 93.5 cm³/mol. The van der Waals surface area contributed by atoms with Gasteiger partial charge in [-0.2, -0.15) is 11.8 Å². The second-order valence-corrected chi connectivity index (χ2v) is 9.02. The summed E-state index contributed by atoms with van der Waals surface area (Å²) in [5.74, 6) is 1.86. The minimum absolute atomic E-state index is 0.0883. The molecule has 0 aliphatic rings. The molecule has 3 nitrogen and oxygen atoms in total.